The molecule has 0 N–H and O–H groups in total. The summed E-state index contributed by atoms with van der Waals surface area (Å²) in [7, 11) is 0. The predicted molar refractivity (Wildman–Crippen MR) is 97.4 cm³/mol. The maximum absolute atomic E-state index is 12.9. The summed E-state index contributed by atoms with van der Waals surface area (Å²) in [5.74, 6) is 3.23. The van der Waals surface area contributed by atoms with Gasteiger partial charge in [0, 0.05) is 28.2 Å². The van der Waals surface area contributed by atoms with Gasteiger partial charge in [-0.2, -0.15) is 0 Å². The number of nitrogens with zero attached hydrogens (tertiary/aromatic N) is 1. The summed E-state index contributed by atoms with van der Waals surface area (Å²) in [5, 5.41) is 0. The van der Waals surface area contributed by atoms with Gasteiger partial charge in [-0.25, -0.2) is 0 Å². The summed E-state index contributed by atoms with van der Waals surface area (Å²) >= 11 is 3.45. The van der Waals surface area contributed by atoms with Crippen LogP contribution in [0, 0.1) is 18.3 Å². The van der Waals surface area contributed by atoms with Crippen LogP contribution < -0.4 is 4.90 Å². The molecular weight excluding hydrogens is 350 g/mol. The molecule has 1 aliphatic rings. The molecule has 1 saturated carbocycles. The van der Waals surface area contributed by atoms with Gasteiger partial charge in [-0.05, 0) is 55.2 Å². The molecule has 1 fully saturated rings. The van der Waals surface area contributed by atoms with E-state index in [-0.39, 0.29) is 11.8 Å². The number of anilines is 1. The van der Waals surface area contributed by atoms with Crippen LogP contribution in [0.15, 0.2) is 53.0 Å². The molecule has 1 aliphatic carbocycles. The number of rotatable bonds is 4. The number of carbonyl (C=O) groups is 1. The first-order chi connectivity index (χ1) is 11.1. The van der Waals surface area contributed by atoms with Gasteiger partial charge in [0.05, 0.1) is 0 Å². The Morgan fingerprint density at radius 3 is 2.70 bits per heavy atom. The number of amides is 1. The Morgan fingerprint density at radius 1 is 1.30 bits per heavy atom. The van der Waals surface area contributed by atoms with Crippen molar-refractivity contribution in [2.45, 2.75) is 19.3 Å². The fourth-order valence-corrected chi connectivity index (χ4v) is 3.24. The van der Waals surface area contributed by atoms with E-state index < -0.39 is 0 Å². The van der Waals surface area contributed by atoms with Gasteiger partial charge in [-0.15, -0.1) is 6.42 Å². The molecule has 0 aliphatic heterocycles. The van der Waals surface area contributed by atoms with E-state index in [2.05, 4.69) is 34.0 Å². The Bertz CT molecular complexity index is 760. The molecule has 0 saturated heterocycles. The molecule has 0 bridgehead atoms. The molecule has 2 atom stereocenters. The summed E-state index contributed by atoms with van der Waals surface area (Å²) in [6.07, 6.45) is 6.38. The second-order valence-electron chi connectivity index (χ2n) is 5.78. The van der Waals surface area contributed by atoms with Crippen molar-refractivity contribution >= 4 is 27.5 Å². The van der Waals surface area contributed by atoms with Gasteiger partial charge < -0.3 is 4.90 Å². The van der Waals surface area contributed by atoms with Gasteiger partial charge in [-0.1, -0.05) is 40.0 Å². The molecule has 0 heterocycles. The molecule has 116 valence electrons. The first kappa shape index (κ1) is 15.8. The summed E-state index contributed by atoms with van der Waals surface area (Å²) in [6.45, 7) is 2.65. The molecule has 0 radical (unpaired) electrons. The minimum Gasteiger partial charge on any atom is -0.312 e. The molecule has 0 spiro atoms. The van der Waals surface area contributed by atoms with Crippen LogP contribution in [0.3, 0.4) is 0 Å². The van der Waals surface area contributed by atoms with Crippen molar-refractivity contribution in [2.75, 3.05) is 11.4 Å². The van der Waals surface area contributed by atoms with E-state index in [4.69, 9.17) is 6.42 Å². The lowest BCUT2D eigenvalue weighted by molar-refractivity contribution is -0.119. The number of hydrogen-bond acceptors (Lipinski definition) is 1. The van der Waals surface area contributed by atoms with E-state index in [0.29, 0.717) is 12.5 Å². The van der Waals surface area contributed by atoms with E-state index >= 15 is 0 Å². The van der Waals surface area contributed by atoms with Gasteiger partial charge >= 0.3 is 0 Å². The predicted octanol–water partition coefficient (Wildman–Crippen LogP) is 4.59. The monoisotopic (exact) mass is 367 g/mol. The van der Waals surface area contributed by atoms with Gasteiger partial charge in [0.25, 0.3) is 0 Å². The number of halogens is 1. The zero-order valence-corrected chi connectivity index (χ0v) is 14.6. The maximum Gasteiger partial charge on any atom is 0.230 e. The Kier molecular flexibility index (Phi) is 4.54. The Labute approximate surface area is 145 Å². The van der Waals surface area contributed by atoms with Crippen molar-refractivity contribution in [1.82, 2.24) is 0 Å². The van der Waals surface area contributed by atoms with Crippen LogP contribution in [0.2, 0.25) is 0 Å². The van der Waals surface area contributed by atoms with Crippen LogP contribution in [-0.4, -0.2) is 12.5 Å². The molecular formula is C20H18BrNO. The van der Waals surface area contributed by atoms with Crippen molar-refractivity contribution in [3.63, 3.8) is 0 Å². The number of terminal acetylenes is 1. The van der Waals surface area contributed by atoms with E-state index in [9.17, 15) is 4.79 Å². The van der Waals surface area contributed by atoms with Crippen molar-refractivity contribution in [3.8, 4) is 12.3 Å². The minimum absolute atomic E-state index is 0.0746. The summed E-state index contributed by atoms with van der Waals surface area (Å²) in [5.41, 5.74) is 2.92. The van der Waals surface area contributed by atoms with E-state index in [1.807, 2.05) is 48.2 Å². The third-order valence-electron chi connectivity index (χ3n) is 4.31. The second-order valence-corrected chi connectivity index (χ2v) is 6.69. The van der Waals surface area contributed by atoms with E-state index in [0.717, 1.165) is 22.1 Å². The number of carbonyl (C=O) groups excluding carboxylic acids is 1. The fraction of sp³-hybridized carbons (Fsp3) is 0.250. The molecule has 23 heavy (non-hydrogen) atoms. The highest BCUT2D eigenvalue weighted by molar-refractivity contribution is 9.10. The molecule has 2 aromatic rings. The van der Waals surface area contributed by atoms with Crippen LogP contribution >= 0.6 is 15.9 Å². The normalized spacial score (nSPS) is 19.0. The third kappa shape index (κ3) is 3.33. The SMILES string of the molecule is C#Cc1cccc(N(CC)C(=O)C2CC2c2ccc(Br)cc2)c1. The van der Waals surface area contributed by atoms with Crippen molar-refractivity contribution in [3.05, 3.63) is 64.1 Å². The topological polar surface area (TPSA) is 20.3 Å². The Morgan fingerprint density at radius 2 is 2.04 bits per heavy atom. The average molecular weight is 368 g/mol. The van der Waals surface area contributed by atoms with Gasteiger partial charge in [0.1, 0.15) is 0 Å². The van der Waals surface area contributed by atoms with Gasteiger partial charge in [0.2, 0.25) is 5.91 Å². The Hall–Kier alpha value is -2.05. The smallest absolute Gasteiger partial charge is 0.230 e. The van der Waals surface area contributed by atoms with Gasteiger partial charge in [0.15, 0.2) is 0 Å². The standard InChI is InChI=1S/C20H18BrNO/c1-3-14-6-5-7-17(12-14)22(4-2)20(23)19-13-18(19)15-8-10-16(21)11-9-15/h1,5-12,18-19H,4,13H2,2H3. The lowest BCUT2D eigenvalue weighted by atomic mass is 10.1. The van der Waals surface area contributed by atoms with Gasteiger partial charge in [-0.3, -0.25) is 4.79 Å². The molecule has 3 rings (SSSR count). The van der Waals surface area contributed by atoms with Crippen LogP contribution in [0.4, 0.5) is 5.69 Å². The summed E-state index contributed by atoms with van der Waals surface area (Å²) in [6, 6.07) is 15.9. The maximum atomic E-state index is 12.9. The lowest BCUT2D eigenvalue weighted by Gasteiger charge is -2.21. The van der Waals surface area contributed by atoms with E-state index in [1.165, 1.54) is 5.56 Å². The highest BCUT2D eigenvalue weighted by Gasteiger charge is 2.45. The second kappa shape index (κ2) is 6.60. The highest BCUT2D eigenvalue weighted by atomic mass is 79.9. The van der Waals surface area contributed by atoms with Crippen LogP contribution in [0.25, 0.3) is 0 Å². The Balaban J connectivity index is 1.76. The highest BCUT2D eigenvalue weighted by Crippen LogP contribution is 2.49. The quantitative estimate of drug-likeness (QED) is 0.723. The molecule has 2 unspecified atom stereocenters. The first-order valence-electron chi connectivity index (χ1n) is 7.77. The number of benzene rings is 2. The molecule has 2 nitrogen and oxygen atoms in total. The largest absolute Gasteiger partial charge is 0.312 e. The summed E-state index contributed by atoms with van der Waals surface area (Å²) < 4.78 is 1.06. The number of hydrogen-bond donors (Lipinski definition) is 0. The van der Waals surface area contributed by atoms with Crippen LogP contribution in [0.1, 0.15) is 30.4 Å². The van der Waals surface area contributed by atoms with Crippen LogP contribution in [-0.2, 0) is 4.79 Å². The first-order valence-corrected chi connectivity index (χ1v) is 8.57. The van der Waals surface area contributed by atoms with E-state index in [1.54, 1.807) is 0 Å². The van der Waals surface area contributed by atoms with Crippen molar-refractivity contribution in [1.29, 1.82) is 0 Å². The zero-order valence-electron chi connectivity index (χ0n) is 13.0. The molecule has 1 amide bonds. The lowest BCUT2D eigenvalue weighted by Crippen LogP contribution is -2.32. The zero-order chi connectivity index (χ0) is 16.4. The minimum atomic E-state index is 0.0746. The molecule has 2 aromatic carbocycles. The third-order valence-corrected chi connectivity index (χ3v) is 4.84. The van der Waals surface area contributed by atoms with Crippen molar-refractivity contribution in [2.24, 2.45) is 5.92 Å². The molecule has 3 heteroatoms. The summed E-state index contributed by atoms with van der Waals surface area (Å²) in [4.78, 5) is 14.7. The average Bonchev–Trinajstić information content (AvgIpc) is 3.37. The van der Waals surface area contributed by atoms with Crippen molar-refractivity contribution < 1.29 is 4.79 Å². The van der Waals surface area contributed by atoms with Crippen LogP contribution in [0.5, 0.6) is 0 Å². The fourth-order valence-electron chi connectivity index (χ4n) is 2.98. The molecule has 0 aromatic heterocycles.